The molecule has 5 nitrogen and oxygen atoms in total. The van der Waals surface area contributed by atoms with Crippen LogP contribution in [0.2, 0.25) is 0 Å². The van der Waals surface area contributed by atoms with E-state index < -0.39 is 0 Å². The van der Waals surface area contributed by atoms with Crippen LogP contribution >= 0.6 is 0 Å². The van der Waals surface area contributed by atoms with E-state index in [9.17, 15) is 4.79 Å². The van der Waals surface area contributed by atoms with Crippen molar-refractivity contribution in [2.75, 3.05) is 31.5 Å². The van der Waals surface area contributed by atoms with Gasteiger partial charge in [0.2, 0.25) is 0 Å². The molecule has 130 valence electrons. The molecule has 0 atom stereocenters. The number of nitrogens with one attached hydrogen (secondary N) is 2. The molecule has 0 bridgehead atoms. The van der Waals surface area contributed by atoms with Crippen molar-refractivity contribution < 1.29 is 4.79 Å². The Kier molecular flexibility index (Phi) is 4.65. The molecule has 2 aromatic rings. The molecule has 2 amide bonds. The Morgan fingerprint density at radius 1 is 1.04 bits per heavy atom. The lowest BCUT2D eigenvalue weighted by molar-refractivity contribution is 0.164. The number of urea groups is 1. The van der Waals surface area contributed by atoms with Crippen molar-refractivity contribution in [1.29, 1.82) is 0 Å². The van der Waals surface area contributed by atoms with Crippen LogP contribution in [0.25, 0.3) is 0 Å². The maximum absolute atomic E-state index is 12.3. The van der Waals surface area contributed by atoms with Crippen molar-refractivity contribution in [3.8, 4) is 0 Å². The molecular weight excluding hydrogens is 312 g/mol. The van der Waals surface area contributed by atoms with E-state index in [2.05, 4.69) is 33.8 Å². The molecule has 2 aliphatic heterocycles. The Morgan fingerprint density at radius 3 is 2.48 bits per heavy atom. The number of nitrogens with zero attached hydrogens (tertiary/aromatic N) is 2. The van der Waals surface area contributed by atoms with E-state index in [0.717, 1.165) is 31.9 Å². The number of likely N-dealkylation sites (tertiary alicyclic amines) is 1. The first-order valence-corrected chi connectivity index (χ1v) is 9.06. The van der Waals surface area contributed by atoms with E-state index in [4.69, 9.17) is 0 Å². The van der Waals surface area contributed by atoms with Crippen molar-refractivity contribution in [3.63, 3.8) is 0 Å². The van der Waals surface area contributed by atoms with Crippen LogP contribution in [0, 0.1) is 0 Å². The maximum atomic E-state index is 12.3. The second kappa shape index (κ2) is 7.23. The predicted octanol–water partition coefficient (Wildman–Crippen LogP) is 3.18. The Balaban J connectivity index is 1.30. The Hall–Kier alpha value is -2.40. The molecular formula is C20H24N4O. The zero-order chi connectivity index (χ0) is 17.1. The SMILES string of the molecule is O=C(Nc1ccc(C2CCNCC2)cc1)N1CC(c2cccnc2)C1. The highest BCUT2D eigenvalue weighted by Crippen LogP contribution is 2.28. The van der Waals surface area contributed by atoms with Crippen LogP contribution in [0.3, 0.4) is 0 Å². The second-order valence-electron chi connectivity index (χ2n) is 6.96. The third-order valence-electron chi connectivity index (χ3n) is 5.30. The number of rotatable bonds is 3. The van der Waals surface area contributed by atoms with Gasteiger partial charge in [0, 0.05) is 37.1 Å². The summed E-state index contributed by atoms with van der Waals surface area (Å²) < 4.78 is 0. The Labute approximate surface area is 148 Å². The minimum absolute atomic E-state index is 0.0187. The van der Waals surface area contributed by atoms with Gasteiger partial charge in [-0.2, -0.15) is 0 Å². The van der Waals surface area contributed by atoms with Crippen LogP contribution in [0.1, 0.15) is 35.8 Å². The van der Waals surface area contributed by atoms with Gasteiger partial charge in [0.05, 0.1) is 0 Å². The lowest BCUT2D eigenvalue weighted by atomic mass is 9.90. The molecule has 0 unspecified atom stereocenters. The van der Waals surface area contributed by atoms with Gasteiger partial charge in [0.15, 0.2) is 0 Å². The number of aromatic nitrogens is 1. The largest absolute Gasteiger partial charge is 0.323 e. The van der Waals surface area contributed by atoms with Crippen molar-refractivity contribution in [2.24, 2.45) is 0 Å². The fourth-order valence-corrected chi connectivity index (χ4v) is 3.67. The van der Waals surface area contributed by atoms with Gasteiger partial charge in [-0.1, -0.05) is 18.2 Å². The Bertz CT molecular complexity index is 704. The highest BCUT2D eigenvalue weighted by Gasteiger charge is 2.31. The number of hydrogen-bond donors (Lipinski definition) is 2. The van der Waals surface area contributed by atoms with E-state index >= 15 is 0 Å². The maximum Gasteiger partial charge on any atom is 0.321 e. The first kappa shape index (κ1) is 16.1. The number of amides is 2. The van der Waals surface area contributed by atoms with Crippen molar-refractivity contribution in [2.45, 2.75) is 24.7 Å². The van der Waals surface area contributed by atoms with Crippen molar-refractivity contribution in [3.05, 3.63) is 59.9 Å². The molecule has 25 heavy (non-hydrogen) atoms. The van der Waals surface area contributed by atoms with Gasteiger partial charge in [-0.15, -0.1) is 0 Å². The fourth-order valence-electron chi connectivity index (χ4n) is 3.67. The average Bonchev–Trinajstić information content (AvgIpc) is 2.63. The molecule has 0 radical (unpaired) electrons. The molecule has 5 heteroatoms. The van der Waals surface area contributed by atoms with E-state index in [1.807, 2.05) is 29.3 Å². The molecule has 2 fully saturated rings. The van der Waals surface area contributed by atoms with Crippen LogP contribution in [-0.2, 0) is 0 Å². The fraction of sp³-hybridized carbons (Fsp3) is 0.400. The van der Waals surface area contributed by atoms with Gasteiger partial charge in [0.1, 0.15) is 0 Å². The van der Waals surface area contributed by atoms with Crippen molar-refractivity contribution >= 4 is 11.7 Å². The van der Waals surface area contributed by atoms with Gasteiger partial charge in [-0.3, -0.25) is 4.98 Å². The summed E-state index contributed by atoms with van der Waals surface area (Å²) in [5, 5.41) is 6.40. The van der Waals surface area contributed by atoms with Gasteiger partial charge in [-0.25, -0.2) is 4.79 Å². The van der Waals surface area contributed by atoms with Gasteiger partial charge in [0.25, 0.3) is 0 Å². The van der Waals surface area contributed by atoms with Crippen LogP contribution in [0.5, 0.6) is 0 Å². The molecule has 4 rings (SSSR count). The summed E-state index contributed by atoms with van der Waals surface area (Å²) in [5.74, 6) is 1.04. The van der Waals surface area contributed by atoms with Crippen LogP contribution in [0.15, 0.2) is 48.8 Å². The van der Waals surface area contributed by atoms with Crippen LogP contribution in [0.4, 0.5) is 10.5 Å². The van der Waals surface area contributed by atoms with Crippen LogP contribution in [-0.4, -0.2) is 42.1 Å². The first-order chi connectivity index (χ1) is 12.3. The van der Waals surface area contributed by atoms with Crippen LogP contribution < -0.4 is 10.6 Å². The summed E-state index contributed by atoms with van der Waals surface area (Å²) in [5.41, 5.74) is 3.45. The first-order valence-electron chi connectivity index (χ1n) is 9.06. The molecule has 2 aliphatic rings. The minimum Gasteiger partial charge on any atom is -0.323 e. The molecule has 1 aromatic carbocycles. The molecule has 3 heterocycles. The lowest BCUT2D eigenvalue weighted by Crippen LogP contribution is -2.50. The Morgan fingerprint density at radius 2 is 1.80 bits per heavy atom. The molecule has 0 spiro atoms. The summed E-state index contributed by atoms with van der Waals surface area (Å²) in [4.78, 5) is 18.3. The summed E-state index contributed by atoms with van der Waals surface area (Å²) >= 11 is 0. The third kappa shape index (κ3) is 3.66. The molecule has 2 N–H and O–H groups in total. The average molecular weight is 336 g/mol. The number of carbonyl (C=O) groups excluding carboxylic acids is 1. The molecule has 1 aromatic heterocycles. The zero-order valence-corrected chi connectivity index (χ0v) is 14.3. The van der Waals surface area contributed by atoms with E-state index in [1.165, 1.54) is 24.0 Å². The number of anilines is 1. The number of carbonyl (C=O) groups is 1. The summed E-state index contributed by atoms with van der Waals surface area (Å²) in [6.45, 7) is 3.70. The number of hydrogen-bond acceptors (Lipinski definition) is 3. The van der Waals surface area contributed by atoms with Crippen molar-refractivity contribution in [1.82, 2.24) is 15.2 Å². The summed E-state index contributed by atoms with van der Waals surface area (Å²) in [6, 6.07) is 12.4. The summed E-state index contributed by atoms with van der Waals surface area (Å²) in [6.07, 6.45) is 6.05. The van der Waals surface area contributed by atoms with Gasteiger partial charge >= 0.3 is 6.03 Å². The quantitative estimate of drug-likeness (QED) is 0.905. The van der Waals surface area contributed by atoms with E-state index in [-0.39, 0.29) is 6.03 Å². The third-order valence-corrected chi connectivity index (χ3v) is 5.30. The molecule has 0 aliphatic carbocycles. The topological polar surface area (TPSA) is 57.3 Å². The highest BCUT2D eigenvalue weighted by molar-refractivity contribution is 5.90. The normalized spacial score (nSPS) is 18.6. The summed E-state index contributed by atoms with van der Waals surface area (Å²) in [7, 11) is 0. The molecule has 0 saturated carbocycles. The highest BCUT2D eigenvalue weighted by atomic mass is 16.2. The number of piperidine rings is 1. The standard InChI is InChI=1S/C20H24N4O/c25-20(24-13-18(14-24)17-2-1-9-22-12-17)23-19-5-3-15(4-6-19)16-7-10-21-11-8-16/h1-6,9,12,16,18,21H,7-8,10-11,13-14H2,(H,23,25). The number of benzene rings is 1. The second-order valence-corrected chi connectivity index (χ2v) is 6.96. The minimum atomic E-state index is -0.0187. The monoisotopic (exact) mass is 336 g/mol. The van der Waals surface area contributed by atoms with E-state index in [1.54, 1.807) is 6.20 Å². The molecule has 2 saturated heterocycles. The number of pyridine rings is 1. The van der Waals surface area contributed by atoms with E-state index in [0.29, 0.717) is 11.8 Å². The van der Waals surface area contributed by atoms with Gasteiger partial charge < -0.3 is 15.5 Å². The lowest BCUT2D eigenvalue weighted by Gasteiger charge is -2.39. The zero-order valence-electron chi connectivity index (χ0n) is 14.3. The van der Waals surface area contributed by atoms with Gasteiger partial charge in [-0.05, 0) is 61.2 Å². The predicted molar refractivity (Wildman–Crippen MR) is 98.9 cm³/mol. The smallest absolute Gasteiger partial charge is 0.321 e.